The van der Waals surface area contributed by atoms with Crippen molar-refractivity contribution in [3.8, 4) is 11.6 Å². The van der Waals surface area contributed by atoms with Crippen LogP contribution in [-0.2, 0) is 13.5 Å². The number of rotatable bonds is 2. The van der Waals surface area contributed by atoms with E-state index >= 15 is 0 Å². The Morgan fingerprint density at radius 3 is 2.68 bits per heavy atom. The first-order valence-electron chi connectivity index (χ1n) is 7.56. The molecule has 0 saturated heterocycles. The molecule has 4 rings (SSSR count). The first kappa shape index (κ1) is 13.0. The van der Waals surface area contributed by atoms with Gasteiger partial charge in [-0.05, 0) is 42.3 Å². The summed E-state index contributed by atoms with van der Waals surface area (Å²) in [6, 6.07) is 14.6. The molecule has 4 aromatic rings. The fraction of sp³-hybridized carbons (Fsp3) is 0.158. The van der Waals surface area contributed by atoms with E-state index in [1.807, 2.05) is 30.1 Å². The molecule has 110 valence electrons. The van der Waals surface area contributed by atoms with Crippen LogP contribution in [0.5, 0.6) is 5.88 Å². The van der Waals surface area contributed by atoms with E-state index in [1.54, 1.807) is 0 Å². The molecule has 0 spiro atoms. The molecule has 0 aliphatic carbocycles. The van der Waals surface area contributed by atoms with Crippen LogP contribution in [0.25, 0.3) is 27.4 Å². The highest BCUT2D eigenvalue weighted by molar-refractivity contribution is 5.90. The second-order valence-electron chi connectivity index (χ2n) is 5.77. The summed E-state index contributed by atoms with van der Waals surface area (Å²) in [6.07, 6.45) is 5.01. The molecule has 0 aliphatic rings. The van der Waals surface area contributed by atoms with Crippen LogP contribution in [0.1, 0.15) is 12.5 Å². The molecule has 1 N–H and O–H groups in total. The van der Waals surface area contributed by atoms with Gasteiger partial charge in [0.1, 0.15) is 0 Å². The van der Waals surface area contributed by atoms with Gasteiger partial charge in [-0.2, -0.15) is 0 Å². The van der Waals surface area contributed by atoms with Crippen LogP contribution < -0.4 is 0 Å². The lowest BCUT2D eigenvalue weighted by Crippen LogP contribution is -1.91. The van der Waals surface area contributed by atoms with Crippen LogP contribution in [0.15, 0.2) is 54.9 Å². The molecular weight excluding hydrogens is 272 g/mol. The molecule has 0 amide bonds. The van der Waals surface area contributed by atoms with Gasteiger partial charge in [-0.15, -0.1) is 0 Å². The van der Waals surface area contributed by atoms with E-state index in [-0.39, 0.29) is 0 Å². The molecule has 0 bridgehead atoms. The Morgan fingerprint density at radius 1 is 1.00 bits per heavy atom. The first-order chi connectivity index (χ1) is 10.7. The largest absolute Gasteiger partial charge is 0.494 e. The van der Waals surface area contributed by atoms with E-state index in [0.717, 1.165) is 22.9 Å². The van der Waals surface area contributed by atoms with Gasteiger partial charge in [-0.3, -0.25) is 4.57 Å². The Kier molecular flexibility index (Phi) is 2.76. The number of aromatic hydroxyl groups is 1. The number of benzene rings is 2. The van der Waals surface area contributed by atoms with Crippen molar-refractivity contribution in [3.63, 3.8) is 0 Å². The van der Waals surface area contributed by atoms with Gasteiger partial charge in [0, 0.05) is 46.8 Å². The Morgan fingerprint density at radius 2 is 1.86 bits per heavy atom. The minimum Gasteiger partial charge on any atom is -0.494 e. The average molecular weight is 290 g/mol. The Hall–Kier alpha value is -2.68. The molecule has 0 atom stereocenters. The molecule has 2 aromatic carbocycles. The standard InChI is InChI=1S/C19H18N2O/c1-3-13-4-5-15-12-21(19(22)17(15)10-13)16-6-7-18-14(11-16)8-9-20(18)2/h4-12,22H,3H2,1-2H3. The molecule has 2 aromatic heterocycles. The Bertz CT molecular complexity index is 991. The topological polar surface area (TPSA) is 30.1 Å². The van der Waals surface area contributed by atoms with E-state index < -0.39 is 0 Å². The van der Waals surface area contributed by atoms with Crippen LogP contribution in [-0.4, -0.2) is 14.2 Å². The lowest BCUT2D eigenvalue weighted by atomic mass is 10.1. The molecule has 0 aliphatic heterocycles. The zero-order valence-corrected chi connectivity index (χ0v) is 12.7. The minimum atomic E-state index is 0.306. The quantitative estimate of drug-likeness (QED) is 0.583. The summed E-state index contributed by atoms with van der Waals surface area (Å²) in [5.41, 5.74) is 3.40. The number of hydrogen-bond donors (Lipinski definition) is 1. The highest BCUT2D eigenvalue weighted by Gasteiger charge is 2.11. The SMILES string of the molecule is CCc1ccc2cn(-c3ccc4c(ccn4C)c3)c(O)c2c1. The number of fused-ring (bicyclic) bond motifs is 2. The summed E-state index contributed by atoms with van der Waals surface area (Å²) < 4.78 is 3.95. The van der Waals surface area contributed by atoms with Crippen molar-refractivity contribution >= 4 is 21.7 Å². The summed E-state index contributed by atoms with van der Waals surface area (Å²) >= 11 is 0. The number of aryl methyl sites for hydroxylation is 2. The van der Waals surface area contributed by atoms with Crippen LogP contribution in [0, 0.1) is 0 Å². The Balaban J connectivity index is 1.93. The number of aromatic nitrogens is 2. The van der Waals surface area contributed by atoms with Crippen molar-refractivity contribution in [1.29, 1.82) is 0 Å². The fourth-order valence-electron chi connectivity index (χ4n) is 3.08. The third-order valence-electron chi connectivity index (χ3n) is 4.41. The van der Waals surface area contributed by atoms with Gasteiger partial charge in [0.15, 0.2) is 0 Å². The second kappa shape index (κ2) is 4.67. The summed E-state index contributed by atoms with van der Waals surface area (Å²) in [6.45, 7) is 2.12. The van der Waals surface area contributed by atoms with Crippen LogP contribution in [0.2, 0.25) is 0 Å². The van der Waals surface area contributed by atoms with Crippen LogP contribution in [0.3, 0.4) is 0 Å². The van der Waals surface area contributed by atoms with Crippen molar-refractivity contribution in [3.05, 3.63) is 60.4 Å². The van der Waals surface area contributed by atoms with Gasteiger partial charge in [-0.1, -0.05) is 19.1 Å². The molecule has 2 heterocycles. The first-order valence-corrected chi connectivity index (χ1v) is 7.56. The maximum atomic E-state index is 10.6. The molecule has 0 unspecified atom stereocenters. The normalized spacial score (nSPS) is 11.5. The van der Waals surface area contributed by atoms with E-state index in [2.05, 4.69) is 47.9 Å². The predicted molar refractivity (Wildman–Crippen MR) is 90.8 cm³/mol. The summed E-state index contributed by atoms with van der Waals surface area (Å²) in [5.74, 6) is 0.306. The molecule has 3 heteroatoms. The van der Waals surface area contributed by atoms with Gasteiger partial charge in [-0.25, -0.2) is 0 Å². The van der Waals surface area contributed by atoms with E-state index in [9.17, 15) is 5.11 Å². The summed E-state index contributed by atoms with van der Waals surface area (Å²) in [7, 11) is 2.04. The monoisotopic (exact) mass is 290 g/mol. The zero-order chi connectivity index (χ0) is 15.3. The van der Waals surface area contributed by atoms with Gasteiger partial charge >= 0.3 is 0 Å². The molecular formula is C19H18N2O. The third-order valence-corrected chi connectivity index (χ3v) is 4.41. The van der Waals surface area contributed by atoms with Gasteiger partial charge in [0.05, 0.1) is 0 Å². The molecule has 0 fully saturated rings. The van der Waals surface area contributed by atoms with E-state index in [0.29, 0.717) is 5.88 Å². The van der Waals surface area contributed by atoms with Crippen molar-refractivity contribution in [2.45, 2.75) is 13.3 Å². The van der Waals surface area contributed by atoms with Gasteiger partial charge in [0.25, 0.3) is 0 Å². The highest BCUT2D eigenvalue weighted by Crippen LogP contribution is 2.32. The molecule has 22 heavy (non-hydrogen) atoms. The highest BCUT2D eigenvalue weighted by atomic mass is 16.3. The zero-order valence-electron chi connectivity index (χ0n) is 12.7. The minimum absolute atomic E-state index is 0.306. The average Bonchev–Trinajstić information content (AvgIpc) is 3.08. The maximum absolute atomic E-state index is 10.6. The van der Waals surface area contributed by atoms with Gasteiger partial charge in [0.2, 0.25) is 5.88 Å². The smallest absolute Gasteiger partial charge is 0.203 e. The molecule has 0 saturated carbocycles. The second-order valence-corrected chi connectivity index (χ2v) is 5.77. The summed E-state index contributed by atoms with van der Waals surface area (Å²) in [4.78, 5) is 0. The van der Waals surface area contributed by atoms with Gasteiger partial charge < -0.3 is 9.67 Å². The van der Waals surface area contributed by atoms with Crippen LogP contribution >= 0.6 is 0 Å². The maximum Gasteiger partial charge on any atom is 0.203 e. The fourth-order valence-corrected chi connectivity index (χ4v) is 3.08. The van der Waals surface area contributed by atoms with E-state index in [1.165, 1.54) is 16.5 Å². The lowest BCUT2D eigenvalue weighted by Gasteiger charge is -2.06. The number of hydrogen-bond acceptors (Lipinski definition) is 1. The van der Waals surface area contributed by atoms with E-state index in [4.69, 9.17) is 0 Å². The van der Waals surface area contributed by atoms with Crippen molar-refractivity contribution in [1.82, 2.24) is 9.13 Å². The van der Waals surface area contributed by atoms with Crippen molar-refractivity contribution < 1.29 is 5.11 Å². The lowest BCUT2D eigenvalue weighted by molar-refractivity contribution is 0.448. The van der Waals surface area contributed by atoms with Crippen molar-refractivity contribution in [2.75, 3.05) is 0 Å². The summed E-state index contributed by atoms with van der Waals surface area (Å²) in [5, 5.41) is 13.7. The Labute approximate surface area is 129 Å². The third kappa shape index (κ3) is 1.82. The van der Waals surface area contributed by atoms with Crippen LogP contribution in [0.4, 0.5) is 0 Å². The number of nitrogens with zero attached hydrogens (tertiary/aromatic N) is 2. The molecule has 3 nitrogen and oxygen atoms in total. The van der Waals surface area contributed by atoms with Crippen molar-refractivity contribution in [2.24, 2.45) is 7.05 Å². The predicted octanol–water partition coefficient (Wildman–Crippen LogP) is 4.39. The molecule has 0 radical (unpaired) electrons.